The standard InChI is InChI=1S/C3H7O6P/c4-2(3(5)6)1-10(7,8)9/h2,4H,1H2,(H,5,6)(H2,7,8,9)/t2-/m0/s1. The zero-order valence-electron chi connectivity index (χ0n) is 4.84. The van der Waals surface area contributed by atoms with Crippen LogP contribution in [0.15, 0.2) is 0 Å². The summed E-state index contributed by atoms with van der Waals surface area (Å²) in [6, 6.07) is 0. The van der Waals surface area contributed by atoms with Crippen molar-refractivity contribution in [2.45, 2.75) is 6.10 Å². The fourth-order valence-electron chi connectivity index (χ4n) is 0.303. The van der Waals surface area contributed by atoms with Crippen LogP contribution in [0.1, 0.15) is 0 Å². The fraction of sp³-hybridized carbons (Fsp3) is 0.667. The minimum Gasteiger partial charge on any atom is -0.479 e. The topological polar surface area (TPSA) is 115 Å². The summed E-state index contributed by atoms with van der Waals surface area (Å²) in [5.74, 6) is -1.64. The van der Waals surface area contributed by atoms with E-state index in [1.165, 1.54) is 0 Å². The van der Waals surface area contributed by atoms with E-state index in [9.17, 15) is 9.36 Å². The molecular formula is C3H7O6P. The maximum Gasteiger partial charge on any atom is 0.333 e. The van der Waals surface area contributed by atoms with Gasteiger partial charge >= 0.3 is 13.6 Å². The van der Waals surface area contributed by atoms with Crippen LogP contribution in [0.2, 0.25) is 0 Å². The summed E-state index contributed by atoms with van der Waals surface area (Å²) in [4.78, 5) is 26.0. The molecule has 0 spiro atoms. The van der Waals surface area contributed by atoms with Gasteiger partial charge in [0.25, 0.3) is 0 Å². The average molecular weight is 170 g/mol. The molecule has 0 aromatic heterocycles. The van der Waals surface area contributed by atoms with E-state index in [-0.39, 0.29) is 0 Å². The lowest BCUT2D eigenvalue weighted by atomic mass is 10.4. The Hall–Kier alpha value is -0.420. The number of hydrogen-bond donors (Lipinski definition) is 4. The van der Waals surface area contributed by atoms with Crippen LogP contribution in [-0.2, 0) is 9.36 Å². The van der Waals surface area contributed by atoms with Gasteiger partial charge in [-0.1, -0.05) is 0 Å². The molecule has 0 aliphatic carbocycles. The van der Waals surface area contributed by atoms with Gasteiger partial charge in [-0.25, -0.2) is 4.79 Å². The van der Waals surface area contributed by atoms with Crippen molar-refractivity contribution in [3.8, 4) is 0 Å². The van der Waals surface area contributed by atoms with Crippen LogP contribution in [0.4, 0.5) is 0 Å². The van der Waals surface area contributed by atoms with Gasteiger partial charge in [-0.3, -0.25) is 4.57 Å². The van der Waals surface area contributed by atoms with Crippen LogP contribution in [0.3, 0.4) is 0 Å². The minimum absolute atomic E-state index is 1.04. The Labute approximate surface area is 56.3 Å². The number of rotatable bonds is 3. The number of carboxylic acids is 1. The number of hydrogen-bond acceptors (Lipinski definition) is 3. The molecule has 0 amide bonds. The Balaban J connectivity index is 3.93. The minimum atomic E-state index is -4.41. The lowest BCUT2D eigenvalue weighted by Gasteiger charge is -2.05. The van der Waals surface area contributed by atoms with Crippen molar-refractivity contribution < 1.29 is 29.4 Å². The molecule has 0 unspecified atom stereocenters. The van der Waals surface area contributed by atoms with Crippen molar-refractivity contribution in [3.05, 3.63) is 0 Å². The van der Waals surface area contributed by atoms with E-state index in [1.807, 2.05) is 0 Å². The van der Waals surface area contributed by atoms with Crippen LogP contribution in [0, 0.1) is 0 Å². The summed E-state index contributed by atoms with van der Waals surface area (Å²) < 4.78 is 10.0. The van der Waals surface area contributed by atoms with Crippen molar-refractivity contribution in [1.29, 1.82) is 0 Å². The Morgan fingerprint density at radius 2 is 1.90 bits per heavy atom. The van der Waals surface area contributed by atoms with Gasteiger partial charge in [0.05, 0.1) is 6.16 Å². The van der Waals surface area contributed by atoms with Crippen LogP contribution >= 0.6 is 7.60 Å². The first-order valence-electron chi connectivity index (χ1n) is 2.28. The summed E-state index contributed by atoms with van der Waals surface area (Å²) in [6.45, 7) is 0. The third-order valence-corrected chi connectivity index (χ3v) is 1.52. The van der Waals surface area contributed by atoms with Crippen molar-refractivity contribution in [2.24, 2.45) is 0 Å². The molecule has 1 atom stereocenters. The second-order valence-electron chi connectivity index (χ2n) is 1.70. The highest BCUT2D eigenvalue weighted by atomic mass is 31.2. The molecule has 0 radical (unpaired) electrons. The first-order chi connectivity index (χ1) is 4.33. The predicted molar refractivity (Wildman–Crippen MR) is 30.6 cm³/mol. The van der Waals surface area contributed by atoms with E-state index in [1.54, 1.807) is 0 Å². The third kappa shape index (κ3) is 4.46. The van der Waals surface area contributed by atoms with E-state index >= 15 is 0 Å². The molecule has 10 heavy (non-hydrogen) atoms. The first-order valence-corrected chi connectivity index (χ1v) is 4.08. The zero-order chi connectivity index (χ0) is 8.36. The van der Waals surface area contributed by atoms with E-state index in [2.05, 4.69) is 0 Å². The molecule has 60 valence electrons. The molecule has 0 aliphatic heterocycles. The van der Waals surface area contributed by atoms with E-state index < -0.39 is 25.8 Å². The number of aliphatic carboxylic acids is 1. The summed E-state index contributed by atoms with van der Waals surface area (Å²) >= 11 is 0. The van der Waals surface area contributed by atoms with Crippen molar-refractivity contribution in [1.82, 2.24) is 0 Å². The van der Waals surface area contributed by atoms with Gasteiger partial charge in [-0.05, 0) is 0 Å². The Bertz CT molecular complexity index is 170. The van der Waals surface area contributed by atoms with E-state index in [4.69, 9.17) is 20.0 Å². The molecule has 6 nitrogen and oxygen atoms in total. The molecule has 0 fully saturated rings. The lowest BCUT2D eigenvalue weighted by Crippen LogP contribution is -2.23. The van der Waals surface area contributed by atoms with Crippen molar-refractivity contribution in [2.75, 3.05) is 6.16 Å². The number of aliphatic hydroxyl groups excluding tert-OH is 1. The zero-order valence-corrected chi connectivity index (χ0v) is 5.73. The van der Waals surface area contributed by atoms with Gasteiger partial charge in [0.15, 0.2) is 6.10 Å². The van der Waals surface area contributed by atoms with Gasteiger partial charge in [-0.15, -0.1) is 0 Å². The first kappa shape index (κ1) is 9.58. The molecule has 0 rings (SSSR count). The summed E-state index contributed by atoms with van der Waals surface area (Å²) in [5.41, 5.74) is 0. The smallest absolute Gasteiger partial charge is 0.333 e. The molecule has 0 bridgehead atoms. The predicted octanol–water partition coefficient (Wildman–Crippen LogP) is -1.39. The largest absolute Gasteiger partial charge is 0.479 e. The Kier molecular flexibility index (Phi) is 2.98. The fourth-order valence-corrected chi connectivity index (χ4v) is 0.910. The van der Waals surface area contributed by atoms with E-state index in [0.717, 1.165) is 0 Å². The SMILES string of the molecule is O=C(O)[C@@H](O)CP(=O)(O)O. The summed E-state index contributed by atoms with van der Waals surface area (Å²) in [7, 11) is -4.41. The summed E-state index contributed by atoms with van der Waals surface area (Å²) in [6.07, 6.45) is -3.02. The molecule has 0 aromatic carbocycles. The number of aliphatic hydroxyl groups is 1. The molecule has 0 aromatic rings. The highest BCUT2D eigenvalue weighted by Gasteiger charge is 2.24. The monoisotopic (exact) mass is 170 g/mol. The van der Waals surface area contributed by atoms with Crippen LogP contribution in [-0.4, -0.2) is 38.2 Å². The van der Waals surface area contributed by atoms with Gasteiger partial charge in [0.1, 0.15) is 0 Å². The van der Waals surface area contributed by atoms with Gasteiger partial charge in [-0.2, -0.15) is 0 Å². The maximum absolute atomic E-state index is 10.0. The molecule has 0 saturated carbocycles. The second kappa shape index (κ2) is 3.12. The van der Waals surface area contributed by atoms with Gasteiger partial charge < -0.3 is 20.0 Å². The highest BCUT2D eigenvalue weighted by molar-refractivity contribution is 7.51. The molecular weight excluding hydrogens is 163 g/mol. The van der Waals surface area contributed by atoms with Gasteiger partial charge in [0.2, 0.25) is 0 Å². The quantitative estimate of drug-likeness (QED) is 0.387. The highest BCUT2D eigenvalue weighted by Crippen LogP contribution is 2.34. The third-order valence-electron chi connectivity index (χ3n) is 0.696. The molecule has 4 N–H and O–H groups in total. The molecule has 0 aliphatic rings. The van der Waals surface area contributed by atoms with Crippen LogP contribution < -0.4 is 0 Å². The summed E-state index contributed by atoms with van der Waals surface area (Å²) in [5, 5.41) is 16.3. The van der Waals surface area contributed by atoms with E-state index in [0.29, 0.717) is 0 Å². The van der Waals surface area contributed by atoms with Crippen molar-refractivity contribution in [3.63, 3.8) is 0 Å². The molecule has 0 heterocycles. The number of carboxylic acid groups (broad SMARTS) is 1. The maximum atomic E-state index is 10.0. The van der Waals surface area contributed by atoms with Crippen molar-refractivity contribution >= 4 is 13.6 Å². The van der Waals surface area contributed by atoms with Gasteiger partial charge in [0, 0.05) is 0 Å². The van der Waals surface area contributed by atoms with Crippen LogP contribution in [0.25, 0.3) is 0 Å². The Morgan fingerprint density at radius 1 is 1.50 bits per heavy atom. The second-order valence-corrected chi connectivity index (χ2v) is 3.40. The van der Waals surface area contributed by atoms with Crippen LogP contribution in [0.5, 0.6) is 0 Å². The average Bonchev–Trinajstić information content (AvgIpc) is 1.60. The molecule has 0 saturated heterocycles. The number of carbonyl (C=O) groups is 1. The molecule has 7 heteroatoms. The normalized spacial score (nSPS) is 14.7. The Morgan fingerprint density at radius 3 is 2.00 bits per heavy atom. The lowest BCUT2D eigenvalue weighted by molar-refractivity contribution is -0.145.